The van der Waals surface area contributed by atoms with E-state index >= 15 is 0 Å². The Hall–Kier alpha value is -2.80. The molecular formula is C19H16BrNO5. The van der Waals surface area contributed by atoms with Crippen molar-refractivity contribution in [3.63, 3.8) is 0 Å². The number of methoxy groups -OCH3 is 3. The van der Waals surface area contributed by atoms with Crippen molar-refractivity contribution in [1.29, 1.82) is 0 Å². The standard InChI is InChI=1S/C19H16BrNO5/c1-23-13-5-7-16(24-2)11(8-13)9-15-19(22)26-18(21-15)14-10-12(20)4-6-17(14)25-3/h4-10H,1-3H3. The molecule has 0 N–H and O–H groups in total. The third kappa shape index (κ3) is 3.57. The molecule has 1 aliphatic heterocycles. The van der Waals surface area contributed by atoms with Crippen LogP contribution in [-0.4, -0.2) is 33.2 Å². The number of rotatable bonds is 5. The molecule has 0 amide bonds. The van der Waals surface area contributed by atoms with Crippen molar-refractivity contribution in [3.05, 3.63) is 57.7 Å². The Morgan fingerprint density at radius 2 is 1.73 bits per heavy atom. The van der Waals surface area contributed by atoms with Crippen molar-refractivity contribution in [2.45, 2.75) is 0 Å². The van der Waals surface area contributed by atoms with Gasteiger partial charge in [-0.15, -0.1) is 0 Å². The molecule has 0 radical (unpaired) electrons. The number of hydrogen-bond acceptors (Lipinski definition) is 6. The Morgan fingerprint density at radius 3 is 2.42 bits per heavy atom. The zero-order chi connectivity index (χ0) is 18.7. The smallest absolute Gasteiger partial charge is 0.363 e. The maximum absolute atomic E-state index is 12.3. The quantitative estimate of drug-likeness (QED) is 0.546. The van der Waals surface area contributed by atoms with Crippen LogP contribution in [0, 0.1) is 0 Å². The van der Waals surface area contributed by atoms with Crippen LogP contribution in [0.3, 0.4) is 0 Å². The molecule has 6 nitrogen and oxygen atoms in total. The minimum atomic E-state index is -0.549. The van der Waals surface area contributed by atoms with Crippen molar-refractivity contribution in [2.24, 2.45) is 4.99 Å². The van der Waals surface area contributed by atoms with Gasteiger partial charge in [0.05, 0.1) is 26.9 Å². The first-order valence-corrected chi connectivity index (χ1v) is 8.43. The van der Waals surface area contributed by atoms with Crippen LogP contribution in [0.1, 0.15) is 11.1 Å². The van der Waals surface area contributed by atoms with Crippen molar-refractivity contribution >= 4 is 33.9 Å². The Balaban J connectivity index is 2.04. The zero-order valence-corrected chi connectivity index (χ0v) is 16.0. The Labute approximate surface area is 159 Å². The third-order valence-electron chi connectivity index (χ3n) is 3.74. The fraction of sp³-hybridized carbons (Fsp3) is 0.158. The Morgan fingerprint density at radius 1 is 1.00 bits per heavy atom. The fourth-order valence-corrected chi connectivity index (χ4v) is 2.83. The second-order valence-corrected chi connectivity index (χ2v) is 6.20. The molecule has 1 aliphatic rings. The van der Waals surface area contributed by atoms with Crippen LogP contribution in [0.2, 0.25) is 0 Å². The minimum Gasteiger partial charge on any atom is -0.497 e. The molecule has 7 heteroatoms. The molecular weight excluding hydrogens is 402 g/mol. The lowest BCUT2D eigenvalue weighted by Crippen LogP contribution is -2.07. The number of carbonyl (C=O) groups excluding carboxylic acids is 1. The van der Waals surface area contributed by atoms with E-state index in [1.807, 2.05) is 6.07 Å². The van der Waals surface area contributed by atoms with Crippen LogP contribution in [0.5, 0.6) is 17.2 Å². The summed E-state index contributed by atoms with van der Waals surface area (Å²) in [6.07, 6.45) is 1.60. The van der Waals surface area contributed by atoms with Gasteiger partial charge in [-0.25, -0.2) is 9.79 Å². The molecule has 0 aliphatic carbocycles. The van der Waals surface area contributed by atoms with Gasteiger partial charge in [-0.05, 0) is 42.5 Å². The number of carbonyl (C=O) groups is 1. The monoisotopic (exact) mass is 417 g/mol. The lowest BCUT2D eigenvalue weighted by atomic mass is 10.1. The molecule has 134 valence electrons. The maximum Gasteiger partial charge on any atom is 0.363 e. The Bertz CT molecular complexity index is 920. The highest BCUT2D eigenvalue weighted by Crippen LogP contribution is 2.30. The summed E-state index contributed by atoms with van der Waals surface area (Å²) in [6, 6.07) is 10.7. The number of hydrogen-bond donors (Lipinski definition) is 0. The second-order valence-electron chi connectivity index (χ2n) is 5.29. The van der Waals surface area contributed by atoms with Gasteiger partial charge in [-0.1, -0.05) is 15.9 Å². The van der Waals surface area contributed by atoms with Crippen LogP contribution in [0.15, 0.2) is 51.6 Å². The van der Waals surface area contributed by atoms with E-state index in [1.54, 1.807) is 57.7 Å². The van der Waals surface area contributed by atoms with Crippen molar-refractivity contribution in [2.75, 3.05) is 21.3 Å². The number of esters is 1. The van der Waals surface area contributed by atoms with Crippen molar-refractivity contribution in [1.82, 2.24) is 0 Å². The second kappa shape index (κ2) is 7.61. The van der Waals surface area contributed by atoms with Crippen molar-refractivity contribution in [3.8, 4) is 17.2 Å². The zero-order valence-electron chi connectivity index (χ0n) is 14.4. The predicted molar refractivity (Wildman–Crippen MR) is 101 cm³/mol. The highest BCUT2D eigenvalue weighted by Gasteiger charge is 2.27. The van der Waals surface area contributed by atoms with Gasteiger partial charge in [0.25, 0.3) is 0 Å². The van der Waals surface area contributed by atoms with Crippen LogP contribution in [0.4, 0.5) is 0 Å². The van der Waals surface area contributed by atoms with E-state index in [4.69, 9.17) is 18.9 Å². The first-order chi connectivity index (χ1) is 12.5. The predicted octanol–water partition coefficient (Wildman–Crippen LogP) is 3.82. The van der Waals surface area contributed by atoms with Crippen LogP contribution in [-0.2, 0) is 9.53 Å². The summed E-state index contributed by atoms with van der Waals surface area (Å²) in [6.45, 7) is 0. The molecule has 0 unspecified atom stereocenters. The molecule has 0 saturated heterocycles. The molecule has 0 bridgehead atoms. The molecule has 2 aromatic carbocycles. The summed E-state index contributed by atoms with van der Waals surface area (Å²) in [5.74, 6) is 1.42. The summed E-state index contributed by atoms with van der Waals surface area (Å²) < 4.78 is 22.0. The van der Waals surface area contributed by atoms with E-state index in [0.29, 0.717) is 28.4 Å². The van der Waals surface area contributed by atoms with Gasteiger partial charge >= 0.3 is 5.97 Å². The lowest BCUT2D eigenvalue weighted by Gasteiger charge is -2.07. The summed E-state index contributed by atoms with van der Waals surface area (Å²) in [5, 5.41) is 0. The number of halogens is 1. The fourth-order valence-electron chi connectivity index (χ4n) is 2.47. The summed E-state index contributed by atoms with van der Waals surface area (Å²) in [5.41, 5.74) is 1.40. The molecule has 0 fully saturated rings. The van der Waals surface area contributed by atoms with E-state index in [-0.39, 0.29) is 11.6 Å². The van der Waals surface area contributed by atoms with Crippen LogP contribution < -0.4 is 14.2 Å². The van der Waals surface area contributed by atoms with Gasteiger partial charge < -0.3 is 18.9 Å². The van der Waals surface area contributed by atoms with Gasteiger partial charge in [0, 0.05) is 10.0 Å². The van der Waals surface area contributed by atoms with Gasteiger partial charge in [0.2, 0.25) is 5.90 Å². The van der Waals surface area contributed by atoms with Crippen LogP contribution in [0.25, 0.3) is 6.08 Å². The van der Waals surface area contributed by atoms with Crippen LogP contribution >= 0.6 is 15.9 Å². The minimum absolute atomic E-state index is 0.161. The molecule has 2 aromatic rings. The average molecular weight is 418 g/mol. The first-order valence-electron chi connectivity index (χ1n) is 7.64. The number of ether oxygens (including phenoxy) is 4. The van der Waals surface area contributed by atoms with E-state index < -0.39 is 5.97 Å². The van der Waals surface area contributed by atoms with Gasteiger partial charge in [0.15, 0.2) is 5.70 Å². The summed E-state index contributed by atoms with van der Waals surface area (Å²) >= 11 is 3.40. The maximum atomic E-state index is 12.3. The normalized spacial score (nSPS) is 14.8. The number of aliphatic imine (C=N–C) groups is 1. The first kappa shape index (κ1) is 18.0. The highest BCUT2D eigenvalue weighted by atomic mass is 79.9. The molecule has 0 aromatic heterocycles. The lowest BCUT2D eigenvalue weighted by molar-refractivity contribution is -0.129. The van der Waals surface area contributed by atoms with E-state index in [9.17, 15) is 4.79 Å². The summed E-state index contributed by atoms with van der Waals surface area (Å²) in [7, 11) is 4.66. The molecule has 1 heterocycles. The molecule has 0 atom stereocenters. The van der Waals surface area contributed by atoms with Gasteiger partial charge in [-0.2, -0.15) is 0 Å². The molecule has 0 saturated carbocycles. The SMILES string of the molecule is COc1ccc(OC)c(C=C2N=C(c3cc(Br)ccc3OC)OC2=O)c1. The van der Waals surface area contributed by atoms with Crippen molar-refractivity contribution < 1.29 is 23.7 Å². The highest BCUT2D eigenvalue weighted by molar-refractivity contribution is 9.10. The largest absolute Gasteiger partial charge is 0.497 e. The van der Waals surface area contributed by atoms with E-state index in [1.165, 1.54) is 0 Å². The molecule has 0 spiro atoms. The van der Waals surface area contributed by atoms with E-state index in [2.05, 4.69) is 20.9 Å². The molecule has 26 heavy (non-hydrogen) atoms. The number of cyclic esters (lactones) is 1. The Kier molecular flexibility index (Phi) is 5.27. The third-order valence-corrected chi connectivity index (χ3v) is 4.23. The molecule has 3 rings (SSSR count). The number of benzene rings is 2. The van der Waals surface area contributed by atoms with E-state index in [0.717, 1.165) is 4.47 Å². The van der Waals surface area contributed by atoms with Gasteiger partial charge in [0.1, 0.15) is 17.2 Å². The number of nitrogens with zero attached hydrogens (tertiary/aromatic N) is 1. The summed E-state index contributed by atoms with van der Waals surface area (Å²) in [4.78, 5) is 16.6. The average Bonchev–Trinajstić information content (AvgIpc) is 3.02. The topological polar surface area (TPSA) is 66.3 Å². The van der Waals surface area contributed by atoms with Gasteiger partial charge in [-0.3, -0.25) is 0 Å².